The summed E-state index contributed by atoms with van der Waals surface area (Å²) in [5.74, 6) is -0.0807. The molecule has 0 bridgehead atoms. The molecule has 142 valence electrons. The molecule has 0 atom stereocenters. The third kappa shape index (κ3) is 5.36. The highest BCUT2D eigenvalue weighted by Crippen LogP contribution is 2.24. The van der Waals surface area contributed by atoms with Gasteiger partial charge in [-0.2, -0.15) is 0 Å². The van der Waals surface area contributed by atoms with Gasteiger partial charge in [-0.25, -0.2) is 9.78 Å². The second-order valence-corrected chi connectivity index (χ2v) is 5.22. The smallest absolute Gasteiger partial charge is 0.345 e. The summed E-state index contributed by atoms with van der Waals surface area (Å²) in [7, 11) is 1.38. The van der Waals surface area contributed by atoms with Gasteiger partial charge in [-0.05, 0) is 18.6 Å². The molecule has 0 radical (unpaired) electrons. The van der Waals surface area contributed by atoms with Crippen LogP contribution in [0.5, 0.6) is 5.75 Å². The SMILES string of the molecule is COc1ccc([N+](=O)[O-])c(C(=O)OCCCNc2ccc([N+](=O)[O-])cn2)c1. The first-order valence-corrected chi connectivity index (χ1v) is 7.76. The maximum atomic E-state index is 12.1. The minimum absolute atomic E-state index is 0.0210. The van der Waals surface area contributed by atoms with Gasteiger partial charge in [0.15, 0.2) is 0 Å². The molecule has 0 aliphatic heterocycles. The number of carbonyl (C=O) groups excluding carboxylic acids is 1. The van der Waals surface area contributed by atoms with Crippen molar-refractivity contribution in [3.8, 4) is 5.75 Å². The van der Waals surface area contributed by atoms with Crippen molar-refractivity contribution in [2.75, 3.05) is 25.6 Å². The predicted octanol–water partition coefficient (Wildman–Crippen LogP) is 2.57. The summed E-state index contributed by atoms with van der Waals surface area (Å²) in [6, 6.07) is 6.59. The van der Waals surface area contributed by atoms with Gasteiger partial charge in [0.05, 0.1) is 23.6 Å². The first kappa shape index (κ1) is 19.6. The van der Waals surface area contributed by atoms with E-state index >= 15 is 0 Å². The van der Waals surface area contributed by atoms with Gasteiger partial charge in [-0.3, -0.25) is 20.2 Å². The molecule has 0 unspecified atom stereocenters. The quantitative estimate of drug-likeness (QED) is 0.302. The second-order valence-electron chi connectivity index (χ2n) is 5.22. The molecule has 2 rings (SSSR count). The number of methoxy groups -OCH3 is 1. The Hall–Kier alpha value is -3.76. The summed E-state index contributed by atoms with van der Waals surface area (Å²) in [4.78, 5) is 36.3. The molecule has 11 heteroatoms. The van der Waals surface area contributed by atoms with Crippen molar-refractivity contribution in [1.82, 2.24) is 4.98 Å². The maximum Gasteiger partial charge on any atom is 0.345 e. The first-order valence-electron chi connectivity index (χ1n) is 7.76. The molecule has 2 aromatic rings. The Morgan fingerprint density at radius 1 is 1.19 bits per heavy atom. The van der Waals surface area contributed by atoms with E-state index in [1.165, 1.54) is 37.4 Å². The highest BCUT2D eigenvalue weighted by atomic mass is 16.6. The van der Waals surface area contributed by atoms with Crippen LogP contribution in [-0.4, -0.2) is 41.1 Å². The number of nitro benzene ring substituents is 1. The van der Waals surface area contributed by atoms with Crippen LogP contribution in [0.2, 0.25) is 0 Å². The number of nitrogens with one attached hydrogen (secondary N) is 1. The summed E-state index contributed by atoms with van der Waals surface area (Å²) < 4.78 is 10.0. The lowest BCUT2D eigenvalue weighted by atomic mass is 10.1. The minimum atomic E-state index is -0.825. The zero-order valence-electron chi connectivity index (χ0n) is 14.3. The fourth-order valence-corrected chi connectivity index (χ4v) is 2.09. The Bertz CT molecular complexity index is 839. The van der Waals surface area contributed by atoms with Crippen molar-refractivity contribution in [2.45, 2.75) is 6.42 Å². The van der Waals surface area contributed by atoms with E-state index in [0.717, 1.165) is 6.20 Å². The molecule has 0 fully saturated rings. The van der Waals surface area contributed by atoms with Gasteiger partial charge in [-0.1, -0.05) is 0 Å². The van der Waals surface area contributed by atoms with Gasteiger partial charge >= 0.3 is 5.97 Å². The average molecular weight is 376 g/mol. The minimum Gasteiger partial charge on any atom is -0.497 e. The summed E-state index contributed by atoms with van der Waals surface area (Å²) in [5.41, 5.74) is -0.673. The summed E-state index contributed by atoms with van der Waals surface area (Å²) >= 11 is 0. The number of nitrogens with zero attached hydrogens (tertiary/aromatic N) is 3. The van der Waals surface area contributed by atoms with Crippen LogP contribution in [-0.2, 0) is 4.74 Å². The standard InChI is InChI=1S/C16H16N4O7/c1-26-12-4-5-14(20(24)25)13(9-12)16(21)27-8-2-7-17-15-6-3-11(10-18-15)19(22)23/h3-6,9-10H,2,7-8H2,1H3,(H,17,18). The van der Waals surface area contributed by atoms with E-state index in [2.05, 4.69) is 10.3 Å². The number of ether oxygens (including phenoxy) is 2. The number of esters is 1. The third-order valence-corrected chi connectivity index (χ3v) is 3.44. The van der Waals surface area contributed by atoms with Crippen LogP contribution >= 0.6 is 0 Å². The van der Waals surface area contributed by atoms with Crippen molar-refractivity contribution in [2.24, 2.45) is 0 Å². The molecule has 0 amide bonds. The Morgan fingerprint density at radius 2 is 1.96 bits per heavy atom. The lowest BCUT2D eigenvalue weighted by molar-refractivity contribution is -0.385. The Labute approximate surface area is 153 Å². The van der Waals surface area contributed by atoms with Crippen LogP contribution in [0.4, 0.5) is 17.2 Å². The summed E-state index contributed by atoms with van der Waals surface area (Å²) in [6.07, 6.45) is 1.53. The number of hydrogen-bond acceptors (Lipinski definition) is 9. The number of benzene rings is 1. The topological polar surface area (TPSA) is 147 Å². The molecular weight excluding hydrogens is 360 g/mol. The Balaban J connectivity index is 1.84. The van der Waals surface area contributed by atoms with E-state index in [0.29, 0.717) is 24.5 Å². The van der Waals surface area contributed by atoms with Gasteiger partial charge in [0.2, 0.25) is 0 Å². The van der Waals surface area contributed by atoms with Crippen LogP contribution in [0.25, 0.3) is 0 Å². The average Bonchev–Trinajstić information content (AvgIpc) is 2.67. The zero-order valence-corrected chi connectivity index (χ0v) is 14.3. The molecular formula is C16H16N4O7. The fourth-order valence-electron chi connectivity index (χ4n) is 2.09. The molecule has 27 heavy (non-hydrogen) atoms. The normalized spacial score (nSPS) is 10.1. The van der Waals surface area contributed by atoms with Crippen molar-refractivity contribution in [3.63, 3.8) is 0 Å². The number of rotatable bonds is 9. The van der Waals surface area contributed by atoms with Crippen molar-refractivity contribution in [1.29, 1.82) is 0 Å². The van der Waals surface area contributed by atoms with Crippen LogP contribution in [0, 0.1) is 20.2 Å². The molecule has 0 saturated carbocycles. The lowest BCUT2D eigenvalue weighted by Crippen LogP contribution is -2.12. The van der Waals surface area contributed by atoms with Crippen molar-refractivity contribution < 1.29 is 24.1 Å². The fraction of sp³-hybridized carbons (Fsp3) is 0.250. The summed E-state index contributed by atoms with van der Waals surface area (Å²) in [6.45, 7) is 0.408. The molecule has 1 aromatic carbocycles. The van der Waals surface area contributed by atoms with E-state index in [4.69, 9.17) is 9.47 Å². The van der Waals surface area contributed by atoms with Gasteiger partial charge in [0.25, 0.3) is 11.4 Å². The van der Waals surface area contributed by atoms with Gasteiger partial charge in [0.1, 0.15) is 23.3 Å². The molecule has 0 spiro atoms. The number of anilines is 1. The number of aromatic nitrogens is 1. The molecule has 1 N–H and O–H groups in total. The molecule has 1 heterocycles. The number of nitro groups is 2. The van der Waals surface area contributed by atoms with Crippen molar-refractivity contribution >= 4 is 23.2 Å². The zero-order chi connectivity index (χ0) is 19.8. The molecule has 11 nitrogen and oxygen atoms in total. The van der Waals surface area contributed by atoms with Gasteiger partial charge in [0, 0.05) is 24.7 Å². The summed E-state index contributed by atoms with van der Waals surface area (Å²) in [5, 5.41) is 24.5. The highest BCUT2D eigenvalue weighted by molar-refractivity contribution is 5.94. The molecule has 1 aromatic heterocycles. The second kappa shape index (κ2) is 9.08. The van der Waals surface area contributed by atoms with Crippen LogP contribution in [0.1, 0.15) is 16.8 Å². The van der Waals surface area contributed by atoms with E-state index in [1.807, 2.05) is 0 Å². The van der Waals surface area contributed by atoms with Gasteiger partial charge in [-0.15, -0.1) is 0 Å². The van der Waals surface area contributed by atoms with E-state index in [-0.39, 0.29) is 23.5 Å². The van der Waals surface area contributed by atoms with E-state index in [9.17, 15) is 25.0 Å². The van der Waals surface area contributed by atoms with Crippen LogP contribution in [0.15, 0.2) is 36.5 Å². The largest absolute Gasteiger partial charge is 0.497 e. The van der Waals surface area contributed by atoms with Crippen LogP contribution < -0.4 is 10.1 Å². The molecule has 0 aliphatic rings. The van der Waals surface area contributed by atoms with E-state index < -0.39 is 15.8 Å². The molecule has 0 aliphatic carbocycles. The predicted molar refractivity (Wildman–Crippen MR) is 93.9 cm³/mol. The van der Waals surface area contributed by atoms with Crippen LogP contribution in [0.3, 0.4) is 0 Å². The number of pyridine rings is 1. The number of hydrogen-bond donors (Lipinski definition) is 1. The monoisotopic (exact) mass is 376 g/mol. The maximum absolute atomic E-state index is 12.1. The van der Waals surface area contributed by atoms with E-state index in [1.54, 1.807) is 0 Å². The first-order chi connectivity index (χ1) is 12.9. The Kier molecular flexibility index (Phi) is 6.58. The lowest BCUT2D eigenvalue weighted by Gasteiger charge is -2.08. The van der Waals surface area contributed by atoms with Gasteiger partial charge < -0.3 is 14.8 Å². The Morgan fingerprint density at radius 3 is 2.56 bits per heavy atom. The molecule has 0 saturated heterocycles. The number of carbonyl (C=O) groups is 1. The van der Waals surface area contributed by atoms with Crippen molar-refractivity contribution in [3.05, 3.63) is 62.3 Å². The third-order valence-electron chi connectivity index (χ3n) is 3.44. The highest BCUT2D eigenvalue weighted by Gasteiger charge is 2.22.